The Kier molecular flexibility index (Phi) is 5.01. The number of nitrogens with zero attached hydrogens (tertiary/aromatic N) is 3. The van der Waals surface area contributed by atoms with E-state index in [1.165, 1.54) is 9.58 Å². The Morgan fingerprint density at radius 2 is 2.03 bits per heavy atom. The van der Waals surface area contributed by atoms with Crippen molar-refractivity contribution in [1.29, 1.82) is 0 Å². The monoisotopic (exact) mass is 419 g/mol. The first kappa shape index (κ1) is 20.6. The minimum absolute atomic E-state index is 0.122. The number of aliphatic hydroxyl groups is 2. The Labute approximate surface area is 178 Å². The van der Waals surface area contributed by atoms with E-state index in [0.29, 0.717) is 34.3 Å². The molecule has 0 bridgehead atoms. The van der Waals surface area contributed by atoms with Gasteiger partial charge in [-0.05, 0) is 42.8 Å². The molecule has 0 radical (unpaired) electrons. The number of carbonyl (C=O) groups is 2. The summed E-state index contributed by atoms with van der Waals surface area (Å²) in [4.78, 5) is 25.3. The van der Waals surface area contributed by atoms with Gasteiger partial charge in [0.25, 0.3) is 5.91 Å². The Balaban J connectivity index is 1.78. The minimum Gasteiger partial charge on any atom is -0.476 e. The lowest BCUT2D eigenvalue weighted by molar-refractivity contribution is -0.137. The van der Waals surface area contributed by atoms with Crippen LogP contribution in [0.25, 0.3) is 16.6 Å². The highest BCUT2D eigenvalue weighted by Gasteiger charge is 2.42. The zero-order valence-electron chi connectivity index (χ0n) is 17.0. The van der Waals surface area contributed by atoms with Crippen LogP contribution in [-0.2, 0) is 4.79 Å². The molecule has 4 rings (SSSR count). The van der Waals surface area contributed by atoms with Crippen LogP contribution in [0.3, 0.4) is 0 Å². The van der Waals surface area contributed by atoms with E-state index >= 15 is 0 Å². The lowest BCUT2D eigenvalue weighted by Crippen LogP contribution is -2.37. The minimum atomic E-state index is -1.70. The lowest BCUT2D eigenvalue weighted by atomic mass is 10.0. The van der Waals surface area contributed by atoms with Crippen molar-refractivity contribution in [2.45, 2.75) is 25.0 Å². The molecule has 1 aromatic heterocycles. The topological polar surface area (TPSA) is 116 Å². The van der Waals surface area contributed by atoms with Crippen molar-refractivity contribution < 1.29 is 24.9 Å². The molecule has 1 amide bonds. The summed E-state index contributed by atoms with van der Waals surface area (Å²) >= 11 is 0. The van der Waals surface area contributed by atoms with Crippen molar-refractivity contribution in [1.82, 2.24) is 14.7 Å². The van der Waals surface area contributed by atoms with Crippen LogP contribution in [0.4, 0.5) is 0 Å². The molecular weight excluding hydrogens is 398 g/mol. The fraction of sp³-hybridized carbons (Fsp3) is 0.261. The van der Waals surface area contributed by atoms with Crippen molar-refractivity contribution in [3.63, 3.8) is 0 Å². The summed E-state index contributed by atoms with van der Waals surface area (Å²) in [6, 6.07) is 12.0. The van der Waals surface area contributed by atoms with Gasteiger partial charge in [0.2, 0.25) is 5.60 Å². The van der Waals surface area contributed by atoms with Crippen molar-refractivity contribution in [2.75, 3.05) is 13.6 Å². The van der Waals surface area contributed by atoms with Gasteiger partial charge in [-0.15, -0.1) is 0 Å². The zero-order chi connectivity index (χ0) is 22.3. The molecule has 31 heavy (non-hydrogen) atoms. The average molecular weight is 419 g/mol. The van der Waals surface area contributed by atoms with Gasteiger partial charge in [-0.2, -0.15) is 5.10 Å². The summed E-state index contributed by atoms with van der Waals surface area (Å²) in [7, 11) is 1.62. The number of aromatic carboxylic acids is 1. The summed E-state index contributed by atoms with van der Waals surface area (Å²) in [5.74, 6) is 3.93. The molecule has 2 atom stereocenters. The number of carbonyl (C=O) groups excluding carboxylic acids is 1. The van der Waals surface area contributed by atoms with Gasteiger partial charge in [0, 0.05) is 31.0 Å². The Morgan fingerprint density at radius 1 is 1.26 bits per heavy atom. The molecular formula is C23H21N3O5. The van der Waals surface area contributed by atoms with Crippen LogP contribution in [0.15, 0.2) is 42.5 Å². The second kappa shape index (κ2) is 7.54. The number of carboxylic acids is 1. The summed E-state index contributed by atoms with van der Waals surface area (Å²) in [6.07, 6.45) is -0.497. The Bertz CT molecular complexity index is 1270. The third-order valence-corrected chi connectivity index (χ3v) is 5.40. The second-order valence-corrected chi connectivity index (χ2v) is 7.66. The second-order valence-electron chi connectivity index (χ2n) is 7.66. The number of fused-ring (bicyclic) bond motifs is 1. The number of aliphatic hydroxyl groups excluding tert-OH is 1. The van der Waals surface area contributed by atoms with Gasteiger partial charge in [0.15, 0.2) is 5.69 Å². The largest absolute Gasteiger partial charge is 0.476 e. The summed E-state index contributed by atoms with van der Waals surface area (Å²) in [5.41, 5.74) is 0.469. The first-order chi connectivity index (χ1) is 14.7. The molecule has 0 saturated carbocycles. The third-order valence-electron chi connectivity index (χ3n) is 5.40. The highest BCUT2D eigenvalue weighted by molar-refractivity contribution is 6.02. The molecule has 0 aliphatic carbocycles. The molecule has 3 aromatic rings. The van der Waals surface area contributed by atoms with Crippen LogP contribution in [-0.4, -0.2) is 61.1 Å². The molecule has 8 nitrogen and oxygen atoms in total. The predicted molar refractivity (Wildman–Crippen MR) is 113 cm³/mol. The maximum atomic E-state index is 12.1. The number of rotatable bonds is 3. The number of hydrogen-bond acceptors (Lipinski definition) is 5. The SMILES string of the molecule is CC(O)c1ccc2c(c1)c(C(=O)O)nn2-c1cccc(C#C[C@]2(O)CCN(C)C2=O)c1. The van der Waals surface area contributed by atoms with Crippen LogP contribution in [0, 0.1) is 11.8 Å². The Morgan fingerprint density at radius 3 is 2.68 bits per heavy atom. The van der Waals surface area contributed by atoms with Gasteiger partial charge in [0.05, 0.1) is 17.3 Å². The first-order valence-electron chi connectivity index (χ1n) is 9.75. The maximum absolute atomic E-state index is 12.1. The number of benzene rings is 2. The number of amides is 1. The normalized spacial score (nSPS) is 19.4. The molecule has 3 N–H and O–H groups in total. The predicted octanol–water partition coefficient (Wildman–Crippen LogP) is 1.72. The molecule has 2 heterocycles. The van der Waals surface area contributed by atoms with Crippen LogP contribution >= 0.6 is 0 Å². The van der Waals surface area contributed by atoms with E-state index in [1.54, 1.807) is 56.4 Å². The van der Waals surface area contributed by atoms with E-state index in [-0.39, 0.29) is 12.1 Å². The van der Waals surface area contributed by atoms with Gasteiger partial charge in [-0.1, -0.05) is 24.0 Å². The first-order valence-corrected chi connectivity index (χ1v) is 9.75. The number of aromatic nitrogens is 2. The van der Waals surface area contributed by atoms with Crippen LogP contribution in [0.2, 0.25) is 0 Å². The highest BCUT2D eigenvalue weighted by atomic mass is 16.4. The number of likely N-dealkylation sites (tertiary alicyclic amines) is 1. The smallest absolute Gasteiger partial charge is 0.357 e. The van der Waals surface area contributed by atoms with E-state index in [1.807, 2.05) is 0 Å². The van der Waals surface area contributed by atoms with Crippen molar-refractivity contribution in [2.24, 2.45) is 0 Å². The van der Waals surface area contributed by atoms with Gasteiger partial charge in [-0.25, -0.2) is 9.48 Å². The van der Waals surface area contributed by atoms with Gasteiger partial charge < -0.3 is 20.2 Å². The fourth-order valence-electron chi connectivity index (χ4n) is 3.61. The molecule has 1 saturated heterocycles. The van der Waals surface area contributed by atoms with E-state index < -0.39 is 23.6 Å². The molecule has 1 aliphatic rings. The third kappa shape index (κ3) is 3.65. The number of carboxylic acid groups (broad SMARTS) is 1. The van der Waals surface area contributed by atoms with Crippen LogP contribution < -0.4 is 0 Å². The van der Waals surface area contributed by atoms with Gasteiger partial charge in [0.1, 0.15) is 0 Å². The van der Waals surface area contributed by atoms with Crippen molar-refractivity contribution >= 4 is 22.8 Å². The Hall–Kier alpha value is -3.67. The van der Waals surface area contributed by atoms with E-state index in [4.69, 9.17) is 0 Å². The maximum Gasteiger partial charge on any atom is 0.357 e. The average Bonchev–Trinajstić information content (AvgIpc) is 3.26. The van der Waals surface area contributed by atoms with Crippen molar-refractivity contribution in [3.8, 4) is 17.5 Å². The van der Waals surface area contributed by atoms with Crippen LogP contribution in [0.5, 0.6) is 0 Å². The van der Waals surface area contributed by atoms with E-state index in [2.05, 4.69) is 16.9 Å². The standard InChI is InChI=1S/C23H21N3O5/c1-14(27)16-6-7-19-18(13-16)20(21(28)29)24-26(19)17-5-3-4-15(12-17)8-9-23(31)10-11-25(2)22(23)30/h3-7,12-14,27,31H,10-11H2,1-2H3,(H,28,29)/t14?,23-/m0/s1. The summed E-state index contributed by atoms with van der Waals surface area (Å²) in [6.45, 7) is 2.05. The highest BCUT2D eigenvalue weighted by Crippen LogP contribution is 2.26. The van der Waals surface area contributed by atoms with Crippen molar-refractivity contribution in [3.05, 3.63) is 59.3 Å². The van der Waals surface area contributed by atoms with Gasteiger partial charge >= 0.3 is 5.97 Å². The summed E-state index contributed by atoms with van der Waals surface area (Å²) < 4.78 is 1.50. The molecule has 158 valence electrons. The number of likely N-dealkylation sites (N-methyl/N-ethyl adjacent to an activating group) is 1. The quantitative estimate of drug-likeness (QED) is 0.557. The zero-order valence-corrected chi connectivity index (χ0v) is 17.0. The van der Waals surface area contributed by atoms with E-state index in [0.717, 1.165) is 0 Å². The lowest BCUT2D eigenvalue weighted by Gasteiger charge is -2.13. The van der Waals surface area contributed by atoms with Crippen LogP contribution in [0.1, 0.15) is 41.1 Å². The van der Waals surface area contributed by atoms with E-state index in [9.17, 15) is 24.9 Å². The number of hydrogen-bond donors (Lipinski definition) is 3. The molecule has 0 spiro atoms. The summed E-state index contributed by atoms with van der Waals surface area (Å²) in [5, 5.41) is 34.6. The molecule has 1 unspecified atom stereocenters. The van der Waals surface area contributed by atoms with Gasteiger partial charge in [-0.3, -0.25) is 4.79 Å². The molecule has 2 aromatic carbocycles. The fourth-order valence-corrected chi connectivity index (χ4v) is 3.61. The molecule has 1 fully saturated rings. The molecule has 8 heteroatoms. The molecule has 1 aliphatic heterocycles.